The van der Waals surface area contributed by atoms with Crippen LogP contribution in [0, 0.1) is 11.3 Å². The fraction of sp³-hybridized carbons (Fsp3) is 0.381. The molecule has 30 heavy (non-hydrogen) atoms. The zero-order chi connectivity index (χ0) is 21.8. The van der Waals surface area contributed by atoms with E-state index in [1.54, 1.807) is 6.08 Å². The Kier molecular flexibility index (Phi) is 6.29. The number of ether oxygens (including phenoxy) is 1. The number of nitrogens with zero attached hydrogens (tertiary/aromatic N) is 2. The smallest absolute Gasteiger partial charge is 0.445 e. The van der Waals surface area contributed by atoms with Crippen LogP contribution in [0.2, 0.25) is 0 Å². The van der Waals surface area contributed by atoms with Gasteiger partial charge in [0.1, 0.15) is 18.4 Å². The van der Waals surface area contributed by atoms with E-state index in [2.05, 4.69) is 21.6 Å². The van der Waals surface area contributed by atoms with Gasteiger partial charge in [-0.05, 0) is 38.7 Å². The summed E-state index contributed by atoms with van der Waals surface area (Å²) in [6.07, 6.45) is 2.72. The predicted octanol–water partition coefficient (Wildman–Crippen LogP) is 3.22. The second kappa shape index (κ2) is 8.73. The Labute approximate surface area is 176 Å². The van der Waals surface area contributed by atoms with Crippen molar-refractivity contribution < 1.29 is 18.8 Å². The number of rotatable bonds is 6. The molecule has 2 heterocycles. The molecule has 3 rings (SSSR count). The molecule has 1 amide bonds. The largest absolute Gasteiger partial charge is 0.492 e. The first kappa shape index (κ1) is 21.6. The first-order valence-corrected chi connectivity index (χ1v) is 9.66. The first-order valence-electron chi connectivity index (χ1n) is 9.66. The van der Waals surface area contributed by atoms with Crippen molar-refractivity contribution in [3.63, 3.8) is 0 Å². The molecule has 9 heteroatoms. The van der Waals surface area contributed by atoms with E-state index in [1.165, 1.54) is 6.20 Å². The number of amides is 1. The average molecular weight is 408 g/mol. The van der Waals surface area contributed by atoms with Crippen LogP contribution in [0.3, 0.4) is 0 Å². The summed E-state index contributed by atoms with van der Waals surface area (Å²) < 4.78 is 17.5. The lowest BCUT2D eigenvalue weighted by Crippen LogP contribution is -2.41. The molecule has 0 bridgehead atoms. The summed E-state index contributed by atoms with van der Waals surface area (Å²) in [4.78, 5) is 12.2. The molecule has 1 aromatic carbocycles. The van der Waals surface area contributed by atoms with Crippen LogP contribution in [0.1, 0.15) is 44.5 Å². The number of nitriles is 1. The second-order valence-corrected chi connectivity index (χ2v) is 8.03. The maximum Gasteiger partial charge on any atom is 0.492 e. The number of nitrogens with one attached hydrogen (secondary N) is 2. The third-order valence-electron chi connectivity index (χ3n) is 5.33. The van der Waals surface area contributed by atoms with Crippen molar-refractivity contribution in [3.05, 3.63) is 58.8 Å². The standard InChI is InChI=1S/C21H25BN4O4/c1-20(2)21(3,4)30-22(29-20)17(10-16-12-25-26-18(16)11-23)13-24-19(27)28-14-15-8-6-5-7-9-15/h5-10,12H,13-14H2,1-4H3,(H,24,27)(H,25,26). The number of H-pyrrole nitrogens is 1. The Morgan fingerprint density at radius 3 is 2.57 bits per heavy atom. The predicted molar refractivity (Wildman–Crippen MR) is 112 cm³/mol. The van der Waals surface area contributed by atoms with Crippen LogP contribution in [0.5, 0.6) is 0 Å². The van der Waals surface area contributed by atoms with E-state index in [9.17, 15) is 10.1 Å². The Balaban J connectivity index is 1.72. The van der Waals surface area contributed by atoms with Crippen LogP contribution in [0.25, 0.3) is 6.08 Å². The SMILES string of the molecule is CC1(C)OB(C(=Cc2cn[nH]c2C#N)CNC(=O)OCc2ccccc2)OC1(C)C. The highest BCUT2D eigenvalue weighted by Crippen LogP contribution is 2.38. The molecule has 0 spiro atoms. The van der Waals surface area contributed by atoms with Gasteiger partial charge in [0, 0.05) is 12.1 Å². The van der Waals surface area contributed by atoms with Gasteiger partial charge < -0.3 is 19.4 Å². The highest BCUT2D eigenvalue weighted by molar-refractivity contribution is 6.56. The summed E-state index contributed by atoms with van der Waals surface area (Å²) in [5.74, 6) is 0. The molecule has 0 radical (unpaired) electrons. The van der Waals surface area contributed by atoms with Crippen LogP contribution in [-0.2, 0) is 20.7 Å². The molecule has 156 valence electrons. The maximum atomic E-state index is 12.2. The fourth-order valence-corrected chi connectivity index (χ4v) is 2.84. The molecule has 1 saturated heterocycles. The number of hydrogen-bond donors (Lipinski definition) is 2. The van der Waals surface area contributed by atoms with Crippen molar-refractivity contribution in [3.8, 4) is 6.07 Å². The van der Waals surface area contributed by atoms with Gasteiger partial charge in [-0.2, -0.15) is 10.4 Å². The molecule has 8 nitrogen and oxygen atoms in total. The van der Waals surface area contributed by atoms with E-state index < -0.39 is 24.4 Å². The summed E-state index contributed by atoms with van der Waals surface area (Å²) >= 11 is 0. The van der Waals surface area contributed by atoms with Crippen LogP contribution in [0.4, 0.5) is 4.79 Å². The Morgan fingerprint density at radius 2 is 1.93 bits per heavy atom. The Bertz CT molecular complexity index is 947. The molecule has 2 aromatic rings. The van der Waals surface area contributed by atoms with Gasteiger partial charge in [-0.15, -0.1) is 0 Å². The zero-order valence-corrected chi connectivity index (χ0v) is 17.6. The van der Waals surface area contributed by atoms with Gasteiger partial charge in [0.25, 0.3) is 0 Å². The van der Waals surface area contributed by atoms with Gasteiger partial charge in [-0.25, -0.2) is 4.79 Å². The second-order valence-electron chi connectivity index (χ2n) is 8.03. The number of hydrogen-bond acceptors (Lipinski definition) is 6. The highest BCUT2D eigenvalue weighted by atomic mass is 16.7. The van der Waals surface area contributed by atoms with Crippen LogP contribution >= 0.6 is 0 Å². The topological polar surface area (TPSA) is 109 Å². The van der Waals surface area contributed by atoms with E-state index in [1.807, 2.05) is 58.0 Å². The van der Waals surface area contributed by atoms with E-state index in [-0.39, 0.29) is 13.2 Å². The molecule has 1 aromatic heterocycles. The molecule has 1 aliphatic heterocycles. The van der Waals surface area contributed by atoms with E-state index in [4.69, 9.17) is 14.0 Å². The van der Waals surface area contributed by atoms with Crippen LogP contribution < -0.4 is 5.32 Å². The maximum absolute atomic E-state index is 12.2. The monoisotopic (exact) mass is 408 g/mol. The molecule has 0 saturated carbocycles. The van der Waals surface area contributed by atoms with Gasteiger partial charge in [0.2, 0.25) is 0 Å². The number of carbonyl (C=O) groups excluding carboxylic acids is 1. The number of aromatic nitrogens is 2. The number of benzene rings is 1. The van der Waals surface area contributed by atoms with Gasteiger partial charge in [-0.1, -0.05) is 36.4 Å². The van der Waals surface area contributed by atoms with E-state index in [0.29, 0.717) is 16.7 Å². The third-order valence-corrected chi connectivity index (χ3v) is 5.33. The summed E-state index contributed by atoms with van der Waals surface area (Å²) in [5, 5.41) is 18.5. The van der Waals surface area contributed by atoms with Crippen molar-refractivity contribution in [1.29, 1.82) is 5.26 Å². The minimum absolute atomic E-state index is 0.125. The third kappa shape index (κ3) is 4.90. The van der Waals surface area contributed by atoms with E-state index in [0.717, 1.165) is 5.56 Å². The normalized spacial score (nSPS) is 17.4. The summed E-state index contributed by atoms with van der Waals surface area (Å²) in [6.45, 7) is 8.09. The molecule has 2 N–H and O–H groups in total. The van der Waals surface area contributed by atoms with Crippen molar-refractivity contribution in [2.45, 2.75) is 45.5 Å². The fourth-order valence-electron chi connectivity index (χ4n) is 2.84. The highest BCUT2D eigenvalue weighted by Gasteiger charge is 2.52. The minimum Gasteiger partial charge on any atom is -0.445 e. The summed E-state index contributed by atoms with van der Waals surface area (Å²) in [6, 6.07) is 11.5. The van der Waals surface area contributed by atoms with Crippen molar-refractivity contribution in [2.75, 3.05) is 6.54 Å². The molecule has 0 atom stereocenters. The summed E-state index contributed by atoms with van der Waals surface area (Å²) in [7, 11) is -0.689. The number of alkyl carbamates (subject to hydrolysis) is 1. The minimum atomic E-state index is -0.689. The first-order chi connectivity index (χ1) is 14.2. The lowest BCUT2D eigenvalue weighted by molar-refractivity contribution is 0.00578. The molecule has 1 aliphatic rings. The Morgan fingerprint density at radius 1 is 1.27 bits per heavy atom. The molecular weight excluding hydrogens is 383 g/mol. The number of aromatic amines is 1. The van der Waals surface area contributed by atoms with Gasteiger partial charge in [0.15, 0.2) is 0 Å². The molecule has 0 unspecified atom stereocenters. The van der Waals surface area contributed by atoms with Crippen molar-refractivity contribution in [2.24, 2.45) is 0 Å². The lowest BCUT2D eigenvalue weighted by Gasteiger charge is -2.32. The Hall–Kier alpha value is -3.09. The van der Waals surface area contributed by atoms with Crippen molar-refractivity contribution >= 4 is 19.3 Å². The van der Waals surface area contributed by atoms with Crippen LogP contribution in [-0.4, -0.2) is 41.2 Å². The van der Waals surface area contributed by atoms with Gasteiger partial charge in [-0.3, -0.25) is 5.10 Å². The molecule has 1 fully saturated rings. The lowest BCUT2D eigenvalue weighted by atomic mass is 9.77. The average Bonchev–Trinajstić information content (AvgIpc) is 3.24. The quantitative estimate of drug-likeness (QED) is 0.711. The molecular formula is C21H25BN4O4. The van der Waals surface area contributed by atoms with Crippen LogP contribution in [0.15, 0.2) is 42.0 Å². The van der Waals surface area contributed by atoms with Gasteiger partial charge in [0.05, 0.1) is 17.4 Å². The number of carbonyl (C=O) groups is 1. The van der Waals surface area contributed by atoms with Crippen molar-refractivity contribution in [1.82, 2.24) is 15.5 Å². The zero-order valence-electron chi connectivity index (χ0n) is 17.6. The van der Waals surface area contributed by atoms with E-state index >= 15 is 0 Å². The summed E-state index contributed by atoms with van der Waals surface area (Å²) in [5.41, 5.74) is 1.35. The van der Waals surface area contributed by atoms with Gasteiger partial charge >= 0.3 is 13.2 Å². The molecule has 0 aliphatic carbocycles.